The minimum absolute atomic E-state index is 0.127. The fraction of sp³-hybridized carbons (Fsp3) is 0.786. The van der Waals surface area contributed by atoms with E-state index in [-0.39, 0.29) is 10.4 Å². The highest BCUT2D eigenvalue weighted by Gasteiger charge is 2.42. The van der Waals surface area contributed by atoms with Crippen molar-refractivity contribution in [1.82, 2.24) is 19.8 Å². The SMILES string of the molecule is CCC1(CC)CCN(S(=O)(=O)c2n[nH]c(C)c2CNC)C1. The standard InChI is InChI=1S/C14H26N4O2S/c1-5-14(6-2)7-8-18(10-14)21(19,20)13-12(9-15-4)11(3)16-17-13/h15H,5-10H2,1-4H3,(H,16,17). The van der Waals surface area contributed by atoms with Crippen molar-refractivity contribution in [3.8, 4) is 0 Å². The topological polar surface area (TPSA) is 78.1 Å². The van der Waals surface area contributed by atoms with E-state index in [0.29, 0.717) is 19.6 Å². The molecule has 21 heavy (non-hydrogen) atoms. The fourth-order valence-corrected chi connectivity index (χ4v) is 4.79. The molecule has 1 saturated heterocycles. The molecule has 2 N–H and O–H groups in total. The van der Waals surface area contributed by atoms with Crippen molar-refractivity contribution in [3.63, 3.8) is 0 Å². The molecular weight excluding hydrogens is 288 g/mol. The summed E-state index contributed by atoms with van der Waals surface area (Å²) >= 11 is 0. The summed E-state index contributed by atoms with van der Waals surface area (Å²) in [4.78, 5) is 0. The van der Waals surface area contributed by atoms with E-state index < -0.39 is 10.0 Å². The second-order valence-corrected chi connectivity index (χ2v) is 7.81. The Hall–Kier alpha value is -0.920. The van der Waals surface area contributed by atoms with E-state index in [9.17, 15) is 8.42 Å². The number of aromatic nitrogens is 2. The molecule has 7 heteroatoms. The van der Waals surface area contributed by atoms with E-state index in [1.165, 1.54) is 0 Å². The summed E-state index contributed by atoms with van der Waals surface area (Å²) in [7, 11) is -1.71. The lowest BCUT2D eigenvalue weighted by molar-refractivity contribution is 0.279. The second kappa shape index (κ2) is 6.06. The van der Waals surface area contributed by atoms with E-state index in [1.807, 2.05) is 6.92 Å². The average Bonchev–Trinajstić information content (AvgIpc) is 3.06. The highest BCUT2D eigenvalue weighted by molar-refractivity contribution is 7.89. The smallest absolute Gasteiger partial charge is 0.262 e. The Morgan fingerprint density at radius 2 is 2.05 bits per heavy atom. The van der Waals surface area contributed by atoms with Gasteiger partial charge in [-0.05, 0) is 38.6 Å². The zero-order valence-corrected chi connectivity index (χ0v) is 14.2. The van der Waals surface area contributed by atoms with Crippen molar-refractivity contribution >= 4 is 10.0 Å². The third-order valence-electron chi connectivity index (χ3n) is 4.88. The van der Waals surface area contributed by atoms with Gasteiger partial charge in [0.15, 0.2) is 5.03 Å². The third kappa shape index (κ3) is 2.86. The molecule has 2 heterocycles. The molecule has 0 aliphatic carbocycles. The third-order valence-corrected chi connectivity index (χ3v) is 6.69. The summed E-state index contributed by atoms with van der Waals surface area (Å²) in [6, 6.07) is 0. The molecule has 6 nitrogen and oxygen atoms in total. The first-order chi connectivity index (χ1) is 9.90. The van der Waals surface area contributed by atoms with Crippen molar-refractivity contribution in [3.05, 3.63) is 11.3 Å². The maximum absolute atomic E-state index is 12.9. The molecule has 2 rings (SSSR count). The summed E-state index contributed by atoms with van der Waals surface area (Å²) in [5.41, 5.74) is 1.67. The van der Waals surface area contributed by atoms with Crippen molar-refractivity contribution in [1.29, 1.82) is 0 Å². The zero-order chi connectivity index (χ0) is 15.7. The van der Waals surface area contributed by atoms with Gasteiger partial charge in [-0.3, -0.25) is 5.10 Å². The van der Waals surface area contributed by atoms with Gasteiger partial charge >= 0.3 is 0 Å². The lowest BCUT2D eigenvalue weighted by Gasteiger charge is -2.26. The molecule has 1 aromatic rings. The lowest BCUT2D eigenvalue weighted by Crippen LogP contribution is -2.33. The van der Waals surface area contributed by atoms with E-state index in [1.54, 1.807) is 11.4 Å². The van der Waals surface area contributed by atoms with Gasteiger partial charge in [0.1, 0.15) is 0 Å². The van der Waals surface area contributed by atoms with Gasteiger partial charge in [-0.15, -0.1) is 0 Å². The highest BCUT2D eigenvalue weighted by Crippen LogP contribution is 2.39. The maximum Gasteiger partial charge on any atom is 0.262 e. The molecule has 1 fully saturated rings. The van der Waals surface area contributed by atoms with Crippen LogP contribution in [0.3, 0.4) is 0 Å². The average molecular weight is 314 g/mol. The van der Waals surface area contributed by atoms with Crippen molar-refractivity contribution in [2.75, 3.05) is 20.1 Å². The van der Waals surface area contributed by atoms with Crippen LogP contribution in [-0.2, 0) is 16.6 Å². The quantitative estimate of drug-likeness (QED) is 0.837. The molecule has 0 radical (unpaired) electrons. The summed E-state index contributed by atoms with van der Waals surface area (Å²) in [5, 5.41) is 10.0. The summed E-state index contributed by atoms with van der Waals surface area (Å²) in [5.74, 6) is 0. The number of rotatable bonds is 6. The molecule has 0 amide bonds. The summed E-state index contributed by atoms with van der Waals surface area (Å²) in [6.07, 6.45) is 2.96. The normalized spacial score (nSPS) is 19.2. The Bertz CT molecular complexity index is 590. The highest BCUT2D eigenvalue weighted by atomic mass is 32.2. The fourth-order valence-electron chi connectivity index (χ4n) is 3.08. The Morgan fingerprint density at radius 1 is 1.38 bits per heavy atom. The molecule has 1 aliphatic rings. The number of hydrogen-bond acceptors (Lipinski definition) is 4. The number of hydrogen-bond donors (Lipinski definition) is 2. The summed E-state index contributed by atoms with van der Waals surface area (Å²) < 4.78 is 27.4. The molecule has 1 aromatic heterocycles. The first-order valence-electron chi connectivity index (χ1n) is 7.59. The van der Waals surface area contributed by atoms with Crippen LogP contribution in [0.2, 0.25) is 0 Å². The van der Waals surface area contributed by atoms with Crippen LogP contribution >= 0.6 is 0 Å². The van der Waals surface area contributed by atoms with Crippen LogP contribution in [0.5, 0.6) is 0 Å². The maximum atomic E-state index is 12.9. The number of aryl methyl sites for hydroxylation is 1. The molecule has 0 bridgehead atoms. The van der Waals surface area contributed by atoms with E-state index in [4.69, 9.17) is 0 Å². The van der Waals surface area contributed by atoms with E-state index in [2.05, 4.69) is 29.4 Å². The molecule has 0 unspecified atom stereocenters. The first kappa shape index (κ1) is 16.5. The Kier molecular flexibility index (Phi) is 4.75. The van der Waals surface area contributed by atoms with Gasteiger partial charge in [0.2, 0.25) is 0 Å². The number of nitrogens with zero attached hydrogens (tertiary/aromatic N) is 2. The monoisotopic (exact) mass is 314 g/mol. The van der Waals surface area contributed by atoms with Gasteiger partial charge in [0.25, 0.3) is 10.0 Å². The van der Waals surface area contributed by atoms with Crippen LogP contribution in [0.4, 0.5) is 0 Å². The van der Waals surface area contributed by atoms with E-state index in [0.717, 1.165) is 30.5 Å². The minimum atomic E-state index is -3.51. The van der Waals surface area contributed by atoms with Crippen molar-refractivity contribution in [2.45, 2.75) is 51.6 Å². The number of sulfonamides is 1. The van der Waals surface area contributed by atoms with Crippen LogP contribution in [-0.4, -0.2) is 43.1 Å². The van der Waals surface area contributed by atoms with Crippen LogP contribution in [0.25, 0.3) is 0 Å². The van der Waals surface area contributed by atoms with Gasteiger partial charge in [-0.25, -0.2) is 8.42 Å². The molecular formula is C14H26N4O2S. The molecule has 0 spiro atoms. The molecule has 0 aromatic carbocycles. The number of H-pyrrole nitrogens is 1. The predicted octanol–water partition coefficient (Wildman–Crippen LogP) is 1.64. The number of aromatic amines is 1. The van der Waals surface area contributed by atoms with Gasteiger partial charge < -0.3 is 5.32 Å². The Balaban J connectivity index is 2.32. The lowest BCUT2D eigenvalue weighted by atomic mass is 9.82. The number of nitrogens with one attached hydrogen (secondary N) is 2. The first-order valence-corrected chi connectivity index (χ1v) is 9.03. The molecule has 0 atom stereocenters. The van der Waals surface area contributed by atoms with Gasteiger partial charge in [-0.1, -0.05) is 13.8 Å². The van der Waals surface area contributed by atoms with Gasteiger partial charge in [-0.2, -0.15) is 9.40 Å². The Morgan fingerprint density at radius 3 is 2.57 bits per heavy atom. The largest absolute Gasteiger partial charge is 0.316 e. The second-order valence-electron chi connectivity index (χ2n) is 5.96. The van der Waals surface area contributed by atoms with Crippen LogP contribution in [0.1, 0.15) is 44.4 Å². The Labute approximate surface area is 127 Å². The molecule has 1 aliphatic heterocycles. The van der Waals surface area contributed by atoms with Gasteiger partial charge in [0.05, 0.1) is 0 Å². The van der Waals surface area contributed by atoms with Crippen molar-refractivity contribution < 1.29 is 8.42 Å². The predicted molar refractivity (Wildman–Crippen MR) is 82.5 cm³/mol. The zero-order valence-electron chi connectivity index (χ0n) is 13.4. The summed E-state index contributed by atoms with van der Waals surface area (Å²) in [6.45, 7) is 7.83. The molecule has 0 saturated carbocycles. The van der Waals surface area contributed by atoms with E-state index >= 15 is 0 Å². The van der Waals surface area contributed by atoms with Crippen LogP contribution < -0.4 is 5.32 Å². The van der Waals surface area contributed by atoms with Crippen molar-refractivity contribution in [2.24, 2.45) is 5.41 Å². The van der Waals surface area contributed by atoms with Gasteiger partial charge in [0, 0.05) is 30.9 Å². The van der Waals surface area contributed by atoms with Crippen LogP contribution in [0, 0.1) is 12.3 Å². The molecule has 120 valence electrons. The minimum Gasteiger partial charge on any atom is -0.316 e. The van der Waals surface area contributed by atoms with Crippen LogP contribution in [0.15, 0.2) is 5.03 Å².